The van der Waals surface area contributed by atoms with Gasteiger partial charge in [-0.2, -0.15) is 0 Å². The summed E-state index contributed by atoms with van der Waals surface area (Å²) in [6.07, 6.45) is -12.3. The van der Waals surface area contributed by atoms with Crippen molar-refractivity contribution in [1.29, 1.82) is 0 Å². The fraction of sp³-hybridized carbons (Fsp3) is 0.500. The summed E-state index contributed by atoms with van der Waals surface area (Å²) in [5.41, 5.74) is 0.839. The van der Waals surface area contributed by atoms with Crippen LogP contribution < -0.4 is 23.7 Å². The summed E-state index contributed by atoms with van der Waals surface area (Å²) in [6, 6.07) is 7.94. The SMILES string of the molecule is COc1ccc(C2CC(=O)c3c(OC)cc(O[C@@H]4O[C@H](CO[C@@H]5O[C@@H](C)[C@H](O)[C@@H](O)[C@H]5O)C(O)=C(O)[C@H]4O)cc3O2)cc1OC. The number of hydrogen-bond acceptors (Lipinski definition) is 15. The maximum Gasteiger partial charge on any atom is 0.234 e. The van der Waals surface area contributed by atoms with Crippen LogP contribution in [0, 0.1) is 0 Å². The number of ketones is 1. The third-order valence-electron chi connectivity index (χ3n) is 7.83. The molecular weight excluding hydrogens is 600 g/mol. The number of hydrogen-bond donors (Lipinski definition) is 6. The van der Waals surface area contributed by atoms with E-state index in [4.69, 9.17) is 37.9 Å². The van der Waals surface area contributed by atoms with Gasteiger partial charge < -0.3 is 68.5 Å². The van der Waals surface area contributed by atoms with Gasteiger partial charge in [-0.25, -0.2) is 0 Å². The lowest BCUT2D eigenvalue weighted by Gasteiger charge is -2.40. The van der Waals surface area contributed by atoms with Crippen molar-refractivity contribution in [3.8, 4) is 28.7 Å². The molecule has 246 valence electrons. The molecule has 5 rings (SSSR count). The lowest BCUT2D eigenvalue weighted by Crippen LogP contribution is -2.57. The van der Waals surface area contributed by atoms with Gasteiger partial charge >= 0.3 is 0 Å². The number of ether oxygens (including phenoxy) is 8. The fourth-order valence-electron chi connectivity index (χ4n) is 5.29. The monoisotopic (exact) mass is 636 g/mol. The molecule has 1 fully saturated rings. The van der Waals surface area contributed by atoms with E-state index in [-0.39, 0.29) is 35.0 Å². The minimum Gasteiger partial charge on any atom is -0.506 e. The molecule has 2 aromatic carbocycles. The van der Waals surface area contributed by atoms with Gasteiger partial charge in [-0.1, -0.05) is 6.07 Å². The van der Waals surface area contributed by atoms with Gasteiger partial charge in [-0.3, -0.25) is 4.79 Å². The van der Waals surface area contributed by atoms with Gasteiger partial charge in [-0.15, -0.1) is 0 Å². The summed E-state index contributed by atoms with van der Waals surface area (Å²) in [4.78, 5) is 13.2. The summed E-state index contributed by atoms with van der Waals surface area (Å²) in [7, 11) is 4.36. The number of rotatable bonds is 9. The standard InChI is InChI=1S/C30H36O15/c1-12-23(32)25(34)27(36)29(42-12)41-11-21-24(33)26(35)28(37)30(45-21)43-14-8-19(40-4)22-15(31)10-17(44-20(22)9-14)13-5-6-16(38-2)18(7-13)39-3/h5-9,12,17,21,23,25,27-30,32-37H,10-11H2,1-4H3/t12-,17?,21+,23-,25+,27+,28+,29+,30+/m0/s1. The maximum absolute atomic E-state index is 13.2. The number of Topliss-reactive ketones (excluding diaryl/α,β-unsaturated/α-hetero) is 1. The Labute approximate surface area is 257 Å². The minimum atomic E-state index is -1.83. The van der Waals surface area contributed by atoms with E-state index in [0.29, 0.717) is 17.1 Å². The zero-order chi connectivity index (χ0) is 32.6. The summed E-state index contributed by atoms with van der Waals surface area (Å²) in [5, 5.41) is 61.6. The first kappa shape index (κ1) is 32.6. The van der Waals surface area contributed by atoms with E-state index in [1.807, 2.05) is 0 Å². The molecule has 0 aromatic heterocycles. The summed E-state index contributed by atoms with van der Waals surface area (Å²) >= 11 is 0. The second-order valence-electron chi connectivity index (χ2n) is 10.7. The Morgan fingerprint density at radius 2 is 1.53 bits per heavy atom. The molecule has 45 heavy (non-hydrogen) atoms. The molecule has 9 atom stereocenters. The topological polar surface area (TPSA) is 212 Å². The molecule has 6 N–H and O–H groups in total. The molecule has 15 heteroatoms. The third-order valence-corrected chi connectivity index (χ3v) is 7.83. The Hall–Kier alpha value is -3.83. The fourth-order valence-corrected chi connectivity index (χ4v) is 5.29. The molecular formula is C30H36O15. The van der Waals surface area contributed by atoms with Crippen molar-refractivity contribution in [2.45, 2.75) is 68.7 Å². The van der Waals surface area contributed by atoms with Gasteiger partial charge in [0.05, 0.1) is 40.5 Å². The minimum absolute atomic E-state index is 0.0112. The summed E-state index contributed by atoms with van der Waals surface area (Å²) in [6.45, 7) is 0.953. The smallest absolute Gasteiger partial charge is 0.234 e. The van der Waals surface area contributed by atoms with Crippen LogP contribution in [0.25, 0.3) is 0 Å². The summed E-state index contributed by atoms with van der Waals surface area (Å²) in [5.74, 6) is -0.605. The lowest BCUT2D eigenvalue weighted by molar-refractivity contribution is -0.301. The Balaban J connectivity index is 1.34. The van der Waals surface area contributed by atoms with Crippen molar-refractivity contribution in [3.05, 3.63) is 53.0 Å². The molecule has 0 amide bonds. The van der Waals surface area contributed by atoms with Crippen LogP contribution >= 0.6 is 0 Å². The van der Waals surface area contributed by atoms with Crippen LogP contribution in [0.15, 0.2) is 41.9 Å². The van der Waals surface area contributed by atoms with Crippen LogP contribution in [0.4, 0.5) is 0 Å². The van der Waals surface area contributed by atoms with Gasteiger partial charge in [-0.05, 0) is 24.6 Å². The molecule has 1 unspecified atom stereocenters. The van der Waals surface area contributed by atoms with Crippen molar-refractivity contribution in [1.82, 2.24) is 0 Å². The number of carbonyl (C=O) groups is 1. The highest BCUT2D eigenvalue weighted by Gasteiger charge is 2.44. The van der Waals surface area contributed by atoms with Crippen LogP contribution in [0.1, 0.15) is 35.4 Å². The molecule has 15 nitrogen and oxygen atoms in total. The number of methoxy groups -OCH3 is 3. The van der Waals surface area contributed by atoms with Crippen LogP contribution in [-0.4, -0.2) is 114 Å². The van der Waals surface area contributed by atoms with E-state index < -0.39 is 73.4 Å². The Morgan fingerprint density at radius 1 is 0.822 bits per heavy atom. The van der Waals surface area contributed by atoms with E-state index in [1.165, 1.54) is 40.4 Å². The number of aliphatic hydroxyl groups is 6. The first-order valence-electron chi connectivity index (χ1n) is 14.0. The Bertz CT molecular complexity index is 1430. The van der Waals surface area contributed by atoms with Crippen molar-refractivity contribution in [2.24, 2.45) is 0 Å². The highest BCUT2D eigenvalue weighted by Crippen LogP contribution is 2.44. The van der Waals surface area contributed by atoms with Crippen molar-refractivity contribution < 1.29 is 73.3 Å². The largest absolute Gasteiger partial charge is 0.506 e. The number of carbonyl (C=O) groups excluding carboxylic acids is 1. The van der Waals surface area contributed by atoms with Gasteiger partial charge in [0.25, 0.3) is 0 Å². The van der Waals surface area contributed by atoms with E-state index >= 15 is 0 Å². The Morgan fingerprint density at radius 3 is 2.22 bits per heavy atom. The normalized spacial score (nSPS) is 31.6. The van der Waals surface area contributed by atoms with Gasteiger partial charge in [0, 0.05) is 12.1 Å². The van der Waals surface area contributed by atoms with Crippen LogP contribution in [-0.2, 0) is 14.2 Å². The van der Waals surface area contributed by atoms with Crippen molar-refractivity contribution in [3.63, 3.8) is 0 Å². The zero-order valence-electron chi connectivity index (χ0n) is 24.9. The molecule has 0 bridgehead atoms. The predicted molar refractivity (Wildman–Crippen MR) is 151 cm³/mol. The number of benzene rings is 2. The molecule has 0 radical (unpaired) electrons. The second kappa shape index (κ2) is 13.3. The second-order valence-corrected chi connectivity index (χ2v) is 10.7. The van der Waals surface area contributed by atoms with Crippen molar-refractivity contribution >= 4 is 5.78 Å². The van der Waals surface area contributed by atoms with E-state index in [1.54, 1.807) is 18.2 Å². The quantitative estimate of drug-likeness (QED) is 0.227. The van der Waals surface area contributed by atoms with Crippen LogP contribution in [0.5, 0.6) is 28.7 Å². The zero-order valence-corrected chi connectivity index (χ0v) is 24.9. The van der Waals surface area contributed by atoms with E-state index in [0.717, 1.165) is 0 Å². The molecule has 0 spiro atoms. The Kier molecular flexibility index (Phi) is 9.60. The number of fused-ring (bicyclic) bond motifs is 1. The average molecular weight is 637 g/mol. The van der Waals surface area contributed by atoms with E-state index in [2.05, 4.69) is 0 Å². The first-order valence-corrected chi connectivity index (χ1v) is 14.0. The van der Waals surface area contributed by atoms with E-state index in [9.17, 15) is 35.4 Å². The molecule has 2 aromatic rings. The van der Waals surface area contributed by atoms with Gasteiger partial charge in [0.1, 0.15) is 53.3 Å². The molecule has 3 aliphatic rings. The molecule has 0 saturated carbocycles. The van der Waals surface area contributed by atoms with Crippen molar-refractivity contribution in [2.75, 3.05) is 27.9 Å². The first-order chi connectivity index (χ1) is 21.5. The van der Waals surface area contributed by atoms with Gasteiger partial charge in [0.15, 0.2) is 41.2 Å². The van der Waals surface area contributed by atoms with Gasteiger partial charge in [0.2, 0.25) is 6.29 Å². The van der Waals surface area contributed by atoms with Crippen LogP contribution in [0.3, 0.4) is 0 Å². The lowest BCUT2D eigenvalue weighted by atomic mass is 9.95. The average Bonchev–Trinajstić information content (AvgIpc) is 3.04. The third kappa shape index (κ3) is 6.33. The number of aliphatic hydroxyl groups excluding tert-OH is 6. The molecule has 3 aliphatic heterocycles. The predicted octanol–water partition coefficient (Wildman–Crippen LogP) is 1.06. The van der Waals surface area contributed by atoms with Crippen LogP contribution in [0.2, 0.25) is 0 Å². The highest BCUT2D eigenvalue weighted by atomic mass is 16.7. The summed E-state index contributed by atoms with van der Waals surface area (Å²) < 4.78 is 44.7. The molecule has 0 aliphatic carbocycles. The molecule has 3 heterocycles. The highest BCUT2D eigenvalue weighted by molar-refractivity contribution is 6.02. The molecule has 1 saturated heterocycles. The maximum atomic E-state index is 13.2.